The van der Waals surface area contributed by atoms with Crippen molar-refractivity contribution in [2.45, 2.75) is 50.4 Å². The Balaban J connectivity index is 1.35. The van der Waals surface area contributed by atoms with Gasteiger partial charge in [0, 0.05) is 7.05 Å². The van der Waals surface area contributed by atoms with Crippen LogP contribution >= 0.6 is 0 Å². The number of benzene rings is 1. The SMILES string of the molecule is CNC1=Nc2cc(C#CCN3CCC4(CC3)CC4)c(OC)cc2C12CCC2. The molecule has 1 aromatic carbocycles. The van der Waals surface area contributed by atoms with Crippen LogP contribution in [0.5, 0.6) is 5.75 Å². The van der Waals surface area contributed by atoms with Crippen molar-refractivity contribution in [2.24, 2.45) is 10.4 Å². The molecule has 5 rings (SSSR count). The van der Waals surface area contributed by atoms with Crippen LogP contribution in [0, 0.1) is 17.3 Å². The largest absolute Gasteiger partial charge is 0.495 e. The van der Waals surface area contributed by atoms with Crippen LogP contribution in [0.15, 0.2) is 17.1 Å². The van der Waals surface area contributed by atoms with E-state index in [1.165, 1.54) is 63.6 Å². The van der Waals surface area contributed by atoms with E-state index in [2.05, 4.69) is 34.2 Å². The average Bonchev–Trinajstić information content (AvgIpc) is 3.32. The van der Waals surface area contributed by atoms with E-state index in [0.717, 1.165) is 34.8 Å². The maximum absolute atomic E-state index is 5.69. The maximum atomic E-state index is 5.69. The third kappa shape index (κ3) is 2.75. The van der Waals surface area contributed by atoms with Gasteiger partial charge in [0.25, 0.3) is 0 Å². The lowest BCUT2D eigenvalue weighted by Gasteiger charge is -2.40. The number of hydrogen-bond donors (Lipinski definition) is 1. The van der Waals surface area contributed by atoms with Crippen LogP contribution in [0.4, 0.5) is 5.69 Å². The van der Waals surface area contributed by atoms with E-state index in [1.54, 1.807) is 7.11 Å². The minimum atomic E-state index is 0.0931. The van der Waals surface area contributed by atoms with E-state index in [1.807, 2.05) is 7.05 Å². The molecule has 3 fully saturated rings. The highest BCUT2D eigenvalue weighted by Crippen LogP contribution is 2.54. The van der Waals surface area contributed by atoms with Crippen molar-refractivity contribution in [1.29, 1.82) is 0 Å². The van der Waals surface area contributed by atoms with Gasteiger partial charge in [0.05, 0.1) is 30.3 Å². The number of methoxy groups -OCH3 is 1. The van der Waals surface area contributed by atoms with Gasteiger partial charge in [0.1, 0.15) is 11.6 Å². The van der Waals surface area contributed by atoms with E-state index in [-0.39, 0.29) is 5.41 Å². The summed E-state index contributed by atoms with van der Waals surface area (Å²) in [4.78, 5) is 7.37. The number of piperidine rings is 1. The van der Waals surface area contributed by atoms with Gasteiger partial charge in [-0.1, -0.05) is 18.3 Å². The Bertz CT molecular complexity index is 842. The minimum absolute atomic E-state index is 0.0931. The van der Waals surface area contributed by atoms with Gasteiger partial charge in [-0.2, -0.15) is 0 Å². The average molecular weight is 364 g/mol. The number of fused-ring (bicyclic) bond motifs is 2. The molecule has 2 heterocycles. The lowest BCUT2D eigenvalue weighted by Crippen LogP contribution is -2.45. The van der Waals surface area contributed by atoms with Crippen LogP contribution in [0.2, 0.25) is 0 Å². The Hall–Kier alpha value is -1.99. The van der Waals surface area contributed by atoms with Crippen LogP contribution in [-0.2, 0) is 5.41 Å². The number of likely N-dealkylation sites (tertiary alicyclic amines) is 1. The zero-order chi connectivity index (χ0) is 18.5. The third-order valence-electron chi connectivity index (χ3n) is 7.36. The second kappa shape index (κ2) is 6.27. The molecule has 0 amide bonds. The molecule has 2 saturated carbocycles. The highest BCUT2D eigenvalue weighted by Gasteiger charge is 2.48. The molecular weight excluding hydrogens is 334 g/mol. The second-order valence-corrected chi connectivity index (χ2v) is 8.79. The molecule has 1 aromatic rings. The Morgan fingerprint density at radius 2 is 1.93 bits per heavy atom. The van der Waals surface area contributed by atoms with Crippen molar-refractivity contribution in [3.63, 3.8) is 0 Å². The quantitative estimate of drug-likeness (QED) is 0.816. The fourth-order valence-electron chi connectivity index (χ4n) is 5.11. The number of nitrogens with zero attached hydrogens (tertiary/aromatic N) is 2. The van der Waals surface area contributed by atoms with Gasteiger partial charge in [-0.15, -0.1) is 0 Å². The van der Waals surface area contributed by atoms with Gasteiger partial charge < -0.3 is 10.1 Å². The summed E-state index contributed by atoms with van der Waals surface area (Å²) in [5, 5.41) is 3.32. The van der Waals surface area contributed by atoms with Gasteiger partial charge in [-0.05, 0) is 74.7 Å². The first-order valence-corrected chi connectivity index (χ1v) is 10.4. The predicted octanol–water partition coefficient (Wildman–Crippen LogP) is 3.61. The normalized spacial score (nSPS) is 23.9. The van der Waals surface area contributed by atoms with Crippen LogP contribution in [0.25, 0.3) is 0 Å². The van der Waals surface area contributed by atoms with E-state index >= 15 is 0 Å². The lowest BCUT2D eigenvalue weighted by atomic mass is 9.64. The van der Waals surface area contributed by atoms with Gasteiger partial charge in [-0.3, -0.25) is 4.90 Å². The lowest BCUT2D eigenvalue weighted by molar-refractivity contribution is 0.191. The molecule has 142 valence electrons. The Kier molecular flexibility index (Phi) is 3.98. The molecule has 0 bridgehead atoms. The second-order valence-electron chi connectivity index (χ2n) is 8.79. The zero-order valence-corrected chi connectivity index (χ0v) is 16.5. The van der Waals surface area contributed by atoms with Crippen LogP contribution in [0.3, 0.4) is 0 Å². The molecule has 1 N–H and O–H groups in total. The highest BCUT2D eigenvalue weighted by atomic mass is 16.5. The number of ether oxygens (including phenoxy) is 1. The molecular formula is C23H29N3O. The first kappa shape index (κ1) is 17.1. The fraction of sp³-hybridized carbons (Fsp3) is 0.609. The summed E-state index contributed by atoms with van der Waals surface area (Å²) in [6.07, 6.45) is 9.24. The van der Waals surface area contributed by atoms with Crippen molar-refractivity contribution in [1.82, 2.24) is 10.2 Å². The highest BCUT2D eigenvalue weighted by molar-refractivity contribution is 6.01. The first-order chi connectivity index (χ1) is 13.2. The summed E-state index contributed by atoms with van der Waals surface area (Å²) < 4.78 is 5.69. The summed E-state index contributed by atoms with van der Waals surface area (Å²) in [5.41, 5.74) is 4.16. The number of rotatable bonds is 2. The maximum Gasteiger partial charge on any atom is 0.134 e. The molecule has 2 spiro atoms. The Labute approximate surface area is 162 Å². The summed E-state index contributed by atoms with van der Waals surface area (Å²) >= 11 is 0. The van der Waals surface area contributed by atoms with Crippen molar-refractivity contribution in [3.8, 4) is 17.6 Å². The summed E-state index contributed by atoms with van der Waals surface area (Å²) in [6.45, 7) is 3.26. The van der Waals surface area contributed by atoms with Crippen LogP contribution in [0.1, 0.15) is 56.1 Å². The molecule has 2 aliphatic carbocycles. The zero-order valence-electron chi connectivity index (χ0n) is 16.5. The van der Waals surface area contributed by atoms with Gasteiger partial charge >= 0.3 is 0 Å². The van der Waals surface area contributed by atoms with Gasteiger partial charge in [0.15, 0.2) is 0 Å². The monoisotopic (exact) mass is 363 g/mol. The van der Waals surface area contributed by atoms with Gasteiger partial charge in [0.2, 0.25) is 0 Å². The standard InChI is InChI=1S/C23H29N3O/c1-24-21-23(6-4-7-23)18-16-20(27-2)17(15-19(18)25-21)5-3-12-26-13-10-22(8-9-22)11-14-26/h15-16H,4,6-14H2,1-2H3,(H,24,25). The number of likely N-dealkylation sites (N-methyl/N-ethyl adjacent to an activating group) is 1. The van der Waals surface area contributed by atoms with E-state index in [4.69, 9.17) is 9.73 Å². The van der Waals surface area contributed by atoms with E-state index < -0.39 is 0 Å². The first-order valence-electron chi connectivity index (χ1n) is 10.4. The predicted molar refractivity (Wildman–Crippen MR) is 109 cm³/mol. The molecule has 4 nitrogen and oxygen atoms in total. The Morgan fingerprint density at radius 1 is 1.15 bits per heavy atom. The van der Waals surface area contributed by atoms with E-state index in [9.17, 15) is 0 Å². The summed E-state index contributed by atoms with van der Waals surface area (Å²) in [5.74, 6) is 8.75. The fourth-order valence-corrected chi connectivity index (χ4v) is 5.11. The molecule has 0 aromatic heterocycles. The smallest absolute Gasteiger partial charge is 0.134 e. The minimum Gasteiger partial charge on any atom is -0.495 e. The summed E-state index contributed by atoms with van der Waals surface area (Å²) in [7, 11) is 3.72. The number of aliphatic imine (C=N–C) groups is 1. The Morgan fingerprint density at radius 3 is 2.52 bits per heavy atom. The molecule has 4 heteroatoms. The van der Waals surface area contributed by atoms with Crippen molar-refractivity contribution in [3.05, 3.63) is 23.3 Å². The van der Waals surface area contributed by atoms with Crippen LogP contribution < -0.4 is 10.1 Å². The topological polar surface area (TPSA) is 36.9 Å². The molecule has 0 unspecified atom stereocenters. The molecule has 1 saturated heterocycles. The van der Waals surface area contributed by atoms with Crippen LogP contribution in [-0.4, -0.2) is 44.5 Å². The molecule has 2 aliphatic heterocycles. The number of amidine groups is 1. The van der Waals surface area contributed by atoms with Crippen molar-refractivity contribution < 1.29 is 4.74 Å². The molecule has 0 radical (unpaired) electrons. The van der Waals surface area contributed by atoms with Crippen molar-refractivity contribution >= 4 is 11.5 Å². The van der Waals surface area contributed by atoms with E-state index in [0.29, 0.717) is 0 Å². The summed E-state index contributed by atoms with van der Waals surface area (Å²) in [6, 6.07) is 4.31. The van der Waals surface area contributed by atoms with Crippen molar-refractivity contribution in [2.75, 3.05) is 33.8 Å². The number of nitrogens with one attached hydrogen (secondary N) is 1. The third-order valence-corrected chi connectivity index (χ3v) is 7.36. The van der Waals surface area contributed by atoms with Gasteiger partial charge in [-0.25, -0.2) is 4.99 Å². The number of hydrogen-bond acceptors (Lipinski definition) is 4. The molecule has 27 heavy (non-hydrogen) atoms. The molecule has 4 aliphatic rings. The molecule has 0 atom stereocenters.